The highest BCUT2D eigenvalue weighted by Crippen LogP contribution is 2.25. The lowest BCUT2D eigenvalue weighted by atomic mass is 10.3. The van der Waals surface area contributed by atoms with Crippen LogP contribution in [0.5, 0.6) is 17.2 Å². The molecule has 0 fully saturated rings. The van der Waals surface area contributed by atoms with Crippen LogP contribution in [0, 0.1) is 17.7 Å². The number of hydrogen-bond acceptors (Lipinski definition) is 4. The van der Waals surface area contributed by atoms with Crippen molar-refractivity contribution in [3.05, 3.63) is 54.3 Å². The molecule has 130 valence electrons. The van der Waals surface area contributed by atoms with Gasteiger partial charge in [-0.3, -0.25) is 4.79 Å². The number of halogens is 1. The molecule has 1 amide bonds. The predicted octanol–water partition coefficient (Wildman–Crippen LogP) is 2.41. The summed E-state index contributed by atoms with van der Waals surface area (Å²) in [6.45, 7) is 0.0387. The Labute approximate surface area is 145 Å². The maximum Gasteiger partial charge on any atom is 0.258 e. The van der Waals surface area contributed by atoms with Gasteiger partial charge in [-0.05, 0) is 24.3 Å². The normalized spacial score (nSPS) is 9.52. The van der Waals surface area contributed by atoms with E-state index in [-0.39, 0.29) is 31.4 Å². The van der Waals surface area contributed by atoms with Gasteiger partial charge >= 0.3 is 0 Å². The third-order valence-electron chi connectivity index (χ3n) is 3.06. The number of methoxy groups -OCH3 is 1. The Morgan fingerprint density at radius 1 is 1.00 bits per heavy atom. The average Bonchev–Trinajstić information content (AvgIpc) is 2.64. The summed E-state index contributed by atoms with van der Waals surface area (Å²) in [7, 11) is 1.56. The van der Waals surface area contributed by atoms with Gasteiger partial charge in [0, 0.05) is 0 Å². The molecule has 0 radical (unpaired) electrons. The van der Waals surface area contributed by atoms with Crippen molar-refractivity contribution in [2.45, 2.75) is 0 Å². The Morgan fingerprint density at radius 2 is 1.68 bits per heavy atom. The van der Waals surface area contributed by atoms with Crippen LogP contribution in [-0.4, -0.2) is 32.8 Å². The minimum atomic E-state index is -0.511. The lowest BCUT2D eigenvalue weighted by Crippen LogP contribution is -2.29. The first-order chi connectivity index (χ1) is 12.2. The van der Waals surface area contributed by atoms with Crippen molar-refractivity contribution in [3.63, 3.8) is 0 Å². The van der Waals surface area contributed by atoms with Gasteiger partial charge < -0.3 is 19.5 Å². The van der Waals surface area contributed by atoms with E-state index in [0.29, 0.717) is 11.5 Å². The van der Waals surface area contributed by atoms with E-state index in [1.54, 1.807) is 31.4 Å². The molecule has 2 rings (SSSR count). The van der Waals surface area contributed by atoms with Crippen molar-refractivity contribution in [1.82, 2.24) is 5.32 Å². The molecule has 6 heteroatoms. The Balaban J connectivity index is 1.66. The summed E-state index contributed by atoms with van der Waals surface area (Å²) in [6, 6.07) is 13.1. The fraction of sp³-hybridized carbons (Fsp3) is 0.211. The smallest absolute Gasteiger partial charge is 0.258 e. The SMILES string of the molecule is COc1ccccc1OCC#CCNC(=O)COc1ccccc1F. The maximum absolute atomic E-state index is 13.3. The van der Waals surface area contributed by atoms with E-state index in [2.05, 4.69) is 17.2 Å². The van der Waals surface area contributed by atoms with Crippen LogP contribution in [0.2, 0.25) is 0 Å². The zero-order chi connectivity index (χ0) is 17.9. The van der Waals surface area contributed by atoms with E-state index in [9.17, 15) is 9.18 Å². The second-order valence-electron chi connectivity index (χ2n) is 4.79. The van der Waals surface area contributed by atoms with Crippen molar-refractivity contribution in [2.24, 2.45) is 0 Å². The first-order valence-electron chi connectivity index (χ1n) is 7.56. The van der Waals surface area contributed by atoms with Crippen LogP contribution in [0.15, 0.2) is 48.5 Å². The molecule has 0 unspecified atom stereocenters. The molecule has 0 aliphatic rings. The molecule has 0 saturated carbocycles. The Hall–Kier alpha value is -3.20. The van der Waals surface area contributed by atoms with E-state index in [0.717, 1.165) is 0 Å². The average molecular weight is 343 g/mol. The first-order valence-corrected chi connectivity index (χ1v) is 7.56. The maximum atomic E-state index is 13.3. The second kappa shape index (κ2) is 9.83. The van der Waals surface area contributed by atoms with Gasteiger partial charge in [-0.25, -0.2) is 4.39 Å². The molecule has 0 spiro atoms. The van der Waals surface area contributed by atoms with E-state index in [1.807, 2.05) is 12.1 Å². The lowest BCUT2D eigenvalue weighted by molar-refractivity contribution is -0.122. The van der Waals surface area contributed by atoms with Gasteiger partial charge in [0.2, 0.25) is 0 Å². The van der Waals surface area contributed by atoms with Crippen LogP contribution in [0.1, 0.15) is 0 Å². The second-order valence-corrected chi connectivity index (χ2v) is 4.79. The molecule has 0 atom stereocenters. The highest BCUT2D eigenvalue weighted by atomic mass is 19.1. The zero-order valence-corrected chi connectivity index (χ0v) is 13.8. The molecule has 2 aromatic carbocycles. The number of rotatable bonds is 7. The van der Waals surface area contributed by atoms with Crippen molar-refractivity contribution >= 4 is 5.91 Å². The minimum absolute atomic E-state index is 0.0361. The number of ether oxygens (including phenoxy) is 3. The standard InChI is InChI=1S/C19H18FNO4/c1-23-17-10-4-5-11-18(17)24-13-7-6-12-21-19(22)14-25-16-9-3-2-8-15(16)20/h2-5,8-11H,12-14H2,1H3,(H,21,22). The summed E-state index contributed by atoms with van der Waals surface area (Å²) in [5, 5.41) is 2.55. The fourth-order valence-electron chi connectivity index (χ4n) is 1.86. The third kappa shape index (κ3) is 6.07. The van der Waals surface area contributed by atoms with Gasteiger partial charge in [0.15, 0.2) is 29.7 Å². The summed E-state index contributed by atoms with van der Waals surface area (Å²) in [6.07, 6.45) is 0. The molecule has 0 aliphatic carbocycles. The highest BCUT2D eigenvalue weighted by molar-refractivity contribution is 5.77. The largest absolute Gasteiger partial charge is 0.493 e. The van der Waals surface area contributed by atoms with Crippen LogP contribution < -0.4 is 19.5 Å². The molecule has 2 aromatic rings. The lowest BCUT2D eigenvalue weighted by Gasteiger charge is -2.07. The summed E-state index contributed by atoms with van der Waals surface area (Å²) in [5.74, 6) is 5.90. The molecular formula is C19H18FNO4. The molecular weight excluding hydrogens is 325 g/mol. The molecule has 0 aromatic heterocycles. The van der Waals surface area contributed by atoms with Crippen LogP contribution >= 0.6 is 0 Å². The summed E-state index contributed by atoms with van der Waals surface area (Å²) in [4.78, 5) is 11.6. The minimum Gasteiger partial charge on any atom is -0.493 e. The number of hydrogen-bond donors (Lipinski definition) is 1. The number of carbonyl (C=O) groups is 1. The van der Waals surface area contributed by atoms with Gasteiger partial charge in [0.1, 0.15) is 6.61 Å². The third-order valence-corrected chi connectivity index (χ3v) is 3.06. The number of benzene rings is 2. The summed E-state index contributed by atoms with van der Waals surface area (Å²) < 4.78 is 29.0. The van der Waals surface area contributed by atoms with Gasteiger partial charge in [-0.2, -0.15) is 0 Å². The zero-order valence-electron chi connectivity index (χ0n) is 13.8. The molecule has 5 nitrogen and oxygen atoms in total. The van der Waals surface area contributed by atoms with Crippen LogP contribution in [0.25, 0.3) is 0 Å². The summed E-state index contributed by atoms with van der Waals surface area (Å²) >= 11 is 0. The summed E-state index contributed by atoms with van der Waals surface area (Å²) in [5.41, 5.74) is 0. The van der Waals surface area contributed by atoms with Crippen LogP contribution in [0.4, 0.5) is 4.39 Å². The predicted molar refractivity (Wildman–Crippen MR) is 91.2 cm³/mol. The number of carbonyl (C=O) groups excluding carboxylic acids is 1. The van der Waals surface area contributed by atoms with Crippen molar-refractivity contribution in [2.75, 3.05) is 26.9 Å². The first kappa shape index (κ1) is 18.1. The van der Waals surface area contributed by atoms with E-state index < -0.39 is 5.82 Å². The fourth-order valence-corrected chi connectivity index (χ4v) is 1.86. The molecule has 0 saturated heterocycles. The van der Waals surface area contributed by atoms with Crippen LogP contribution in [-0.2, 0) is 4.79 Å². The quantitative estimate of drug-likeness (QED) is 0.785. The van der Waals surface area contributed by atoms with E-state index in [1.165, 1.54) is 12.1 Å². The topological polar surface area (TPSA) is 56.8 Å². The van der Waals surface area contributed by atoms with Gasteiger partial charge in [0.25, 0.3) is 5.91 Å². The monoisotopic (exact) mass is 343 g/mol. The van der Waals surface area contributed by atoms with Crippen molar-refractivity contribution < 1.29 is 23.4 Å². The number of amides is 1. The van der Waals surface area contributed by atoms with Crippen LogP contribution in [0.3, 0.4) is 0 Å². The molecule has 0 heterocycles. The van der Waals surface area contributed by atoms with E-state index in [4.69, 9.17) is 14.2 Å². The van der Waals surface area contributed by atoms with Gasteiger partial charge in [-0.1, -0.05) is 36.1 Å². The highest BCUT2D eigenvalue weighted by Gasteiger charge is 2.05. The molecule has 0 aliphatic heterocycles. The Bertz CT molecular complexity index is 767. The molecule has 0 bridgehead atoms. The van der Waals surface area contributed by atoms with Crippen molar-refractivity contribution in [1.29, 1.82) is 0 Å². The number of nitrogens with one attached hydrogen (secondary N) is 1. The van der Waals surface area contributed by atoms with Gasteiger partial charge in [0.05, 0.1) is 13.7 Å². The molecule has 1 N–H and O–H groups in total. The van der Waals surface area contributed by atoms with Crippen molar-refractivity contribution in [3.8, 4) is 29.1 Å². The van der Waals surface area contributed by atoms with Gasteiger partial charge in [-0.15, -0.1) is 0 Å². The molecule has 25 heavy (non-hydrogen) atoms. The number of para-hydroxylation sites is 3. The van der Waals surface area contributed by atoms with E-state index >= 15 is 0 Å². The Morgan fingerprint density at radius 3 is 2.40 bits per heavy atom. The Kier molecular flexibility index (Phi) is 7.13.